The second-order valence-electron chi connectivity index (χ2n) is 3.25. The molecule has 1 fully saturated rings. The summed E-state index contributed by atoms with van der Waals surface area (Å²) in [5.41, 5.74) is 0. The average Bonchev–Trinajstić information content (AvgIpc) is 1.80. The summed E-state index contributed by atoms with van der Waals surface area (Å²) in [5, 5.41) is -2.94. The molecule has 0 aliphatic carbocycles. The summed E-state index contributed by atoms with van der Waals surface area (Å²) < 4.78 is 9.82. The van der Waals surface area contributed by atoms with E-state index in [9.17, 15) is 4.79 Å². The molecule has 0 radical (unpaired) electrons. The van der Waals surface area contributed by atoms with Gasteiger partial charge in [-0.05, 0) is 25.4 Å². The van der Waals surface area contributed by atoms with Crippen molar-refractivity contribution in [1.29, 1.82) is 0 Å². The van der Waals surface area contributed by atoms with Gasteiger partial charge in [-0.3, -0.25) is 0 Å². The predicted octanol–water partition coefficient (Wildman–Crippen LogP) is 2.42. The fourth-order valence-electron chi connectivity index (χ4n) is 0.903. The van der Waals surface area contributed by atoms with Crippen LogP contribution in [0.1, 0.15) is 20.8 Å². The van der Waals surface area contributed by atoms with Gasteiger partial charge < -0.3 is 9.47 Å². The normalized spacial score (nSPS) is 51.7. The summed E-state index contributed by atoms with van der Waals surface area (Å²) in [6.45, 7) is 4.25. The van der Waals surface area contributed by atoms with Crippen LogP contribution in [0.15, 0.2) is 0 Å². The number of cyclic esters (lactones) is 1. The van der Waals surface area contributed by atoms with Crippen molar-refractivity contribution >= 4 is 40.8 Å². The first-order valence-corrected chi connectivity index (χ1v) is 4.72. The Bertz CT molecular complexity index is 247. The van der Waals surface area contributed by atoms with Gasteiger partial charge in [-0.1, -0.05) is 11.6 Å². The molecular formula is C7H9Cl3O3. The van der Waals surface area contributed by atoms with Crippen LogP contribution in [0.2, 0.25) is 0 Å². The van der Waals surface area contributed by atoms with E-state index >= 15 is 0 Å². The Morgan fingerprint density at radius 1 is 1.15 bits per heavy atom. The van der Waals surface area contributed by atoms with Gasteiger partial charge in [0.15, 0.2) is 9.93 Å². The SMILES string of the molecule is C[C@@]1(Cl)OC(=O)[C@@](C)(Cl)[C@@](C)(Cl)O1. The number of rotatable bonds is 0. The molecule has 3 atom stereocenters. The van der Waals surface area contributed by atoms with Crippen LogP contribution >= 0.6 is 34.8 Å². The average molecular weight is 248 g/mol. The Balaban J connectivity index is 3.03. The number of alkyl halides is 3. The van der Waals surface area contributed by atoms with Gasteiger partial charge in [0.1, 0.15) is 0 Å². The molecule has 0 aromatic heterocycles. The summed E-state index contributed by atoms with van der Waals surface area (Å²) >= 11 is 17.4. The third-order valence-corrected chi connectivity index (χ3v) is 3.09. The maximum absolute atomic E-state index is 11.3. The van der Waals surface area contributed by atoms with Crippen LogP contribution in [0, 0.1) is 0 Å². The molecule has 1 aliphatic rings. The lowest BCUT2D eigenvalue weighted by atomic mass is 10.0. The monoisotopic (exact) mass is 246 g/mol. The molecule has 0 bridgehead atoms. The minimum atomic E-state index is -1.55. The zero-order chi connectivity index (χ0) is 10.5. The fraction of sp³-hybridized carbons (Fsp3) is 0.857. The number of halogens is 3. The zero-order valence-corrected chi connectivity index (χ0v) is 9.63. The largest absolute Gasteiger partial charge is 0.417 e. The maximum Gasteiger partial charge on any atom is 0.334 e. The van der Waals surface area contributed by atoms with Gasteiger partial charge in [-0.15, -0.1) is 11.6 Å². The standard InChI is InChI=1S/C7H9Cl3O3/c1-5(8)4(11)12-7(3,10)13-6(5,2)9/h1-3H3/t5-,6+,7-/m1/s1. The van der Waals surface area contributed by atoms with Gasteiger partial charge in [-0.2, -0.15) is 0 Å². The number of hydrogen-bond donors (Lipinski definition) is 0. The Labute approximate surface area is 91.2 Å². The Hall–Kier alpha value is 0.300. The summed E-state index contributed by atoms with van der Waals surface area (Å²) in [6, 6.07) is 0. The van der Waals surface area contributed by atoms with Crippen LogP contribution in [-0.2, 0) is 14.3 Å². The number of ether oxygens (including phenoxy) is 2. The molecule has 0 amide bonds. The van der Waals surface area contributed by atoms with E-state index in [4.69, 9.17) is 44.3 Å². The summed E-state index contributed by atoms with van der Waals surface area (Å²) in [7, 11) is 0. The number of esters is 1. The zero-order valence-electron chi connectivity index (χ0n) is 7.36. The molecule has 0 aromatic rings. The Morgan fingerprint density at radius 2 is 1.62 bits per heavy atom. The summed E-state index contributed by atoms with van der Waals surface area (Å²) in [5.74, 6) is -0.699. The third-order valence-electron chi connectivity index (χ3n) is 1.87. The van der Waals surface area contributed by atoms with Gasteiger partial charge in [0.25, 0.3) is 5.25 Å². The van der Waals surface area contributed by atoms with Crippen molar-refractivity contribution in [3.63, 3.8) is 0 Å². The van der Waals surface area contributed by atoms with E-state index in [1.165, 1.54) is 20.8 Å². The minimum absolute atomic E-state index is 0.699. The molecule has 0 unspecified atom stereocenters. The highest BCUT2D eigenvalue weighted by Crippen LogP contribution is 2.46. The lowest BCUT2D eigenvalue weighted by Crippen LogP contribution is -2.60. The van der Waals surface area contributed by atoms with Crippen molar-refractivity contribution in [2.75, 3.05) is 0 Å². The minimum Gasteiger partial charge on any atom is -0.417 e. The molecule has 0 N–H and O–H groups in total. The van der Waals surface area contributed by atoms with E-state index in [1.807, 2.05) is 0 Å². The first kappa shape index (κ1) is 11.4. The molecule has 13 heavy (non-hydrogen) atoms. The van der Waals surface area contributed by atoms with Gasteiger partial charge in [0.05, 0.1) is 0 Å². The van der Waals surface area contributed by atoms with E-state index in [0.29, 0.717) is 0 Å². The maximum atomic E-state index is 11.3. The van der Waals surface area contributed by atoms with Crippen molar-refractivity contribution in [2.45, 2.75) is 36.0 Å². The van der Waals surface area contributed by atoms with Crippen molar-refractivity contribution in [3.05, 3.63) is 0 Å². The highest BCUT2D eigenvalue weighted by atomic mass is 35.5. The van der Waals surface area contributed by atoms with Crippen molar-refractivity contribution in [3.8, 4) is 0 Å². The molecule has 3 nitrogen and oxygen atoms in total. The molecular weight excluding hydrogens is 238 g/mol. The molecule has 0 spiro atoms. The number of hydrogen-bond acceptors (Lipinski definition) is 3. The third kappa shape index (κ3) is 1.89. The van der Waals surface area contributed by atoms with Crippen LogP contribution in [0.3, 0.4) is 0 Å². The van der Waals surface area contributed by atoms with Crippen molar-refractivity contribution in [1.82, 2.24) is 0 Å². The van der Waals surface area contributed by atoms with Crippen LogP contribution < -0.4 is 0 Å². The topological polar surface area (TPSA) is 35.5 Å². The smallest absolute Gasteiger partial charge is 0.334 e. The first-order chi connectivity index (χ1) is 5.58. The fourth-order valence-corrected chi connectivity index (χ4v) is 1.47. The van der Waals surface area contributed by atoms with Gasteiger partial charge in [-0.25, -0.2) is 4.79 Å². The first-order valence-electron chi connectivity index (χ1n) is 3.59. The van der Waals surface area contributed by atoms with E-state index in [1.54, 1.807) is 0 Å². The Kier molecular flexibility index (Phi) is 2.53. The molecule has 0 aromatic carbocycles. The lowest BCUT2D eigenvalue weighted by molar-refractivity contribution is -0.244. The van der Waals surface area contributed by atoms with Crippen LogP contribution in [0.4, 0.5) is 0 Å². The molecule has 1 heterocycles. The summed E-state index contributed by atoms with van der Waals surface area (Å²) in [4.78, 5) is 9.90. The molecule has 76 valence electrons. The molecule has 6 heteroatoms. The molecule has 1 saturated heterocycles. The van der Waals surface area contributed by atoms with E-state index < -0.39 is 21.2 Å². The van der Waals surface area contributed by atoms with E-state index in [2.05, 4.69) is 0 Å². The van der Waals surface area contributed by atoms with Gasteiger partial charge in [0, 0.05) is 6.92 Å². The number of carbonyl (C=O) groups excluding carboxylic acids is 1. The highest BCUT2D eigenvalue weighted by Gasteiger charge is 2.59. The Morgan fingerprint density at radius 3 is 2.00 bits per heavy atom. The molecule has 1 rings (SSSR count). The van der Waals surface area contributed by atoms with E-state index in [0.717, 1.165) is 0 Å². The van der Waals surface area contributed by atoms with Crippen molar-refractivity contribution < 1.29 is 14.3 Å². The predicted molar refractivity (Wildman–Crippen MR) is 50.0 cm³/mol. The van der Waals surface area contributed by atoms with Crippen molar-refractivity contribution in [2.24, 2.45) is 0 Å². The van der Waals surface area contributed by atoms with Crippen LogP contribution in [0.25, 0.3) is 0 Å². The molecule has 1 aliphatic heterocycles. The molecule has 0 saturated carbocycles. The summed E-state index contributed by atoms with van der Waals surface area (Å²) in [6.07, 6.45) is 0. The van der Waals surface area contributed by atoms with E-state index in [-0.39, 0.29) is 0 Å². The second-order valence-corrected chi connectivity index (χ2v) is 5.41. The van der Waals surface area contributed by atoms with Crippen LogP contribution in [-0.4, -0.2) is 21.2 Å². The second kappa shape index (κ2) is 2.89. The van der Waals surface area contributed by atoms with Crippen LogP contribution in [0.5, 0.6) is 0 Å². The quantitative estimate of drug-likeness (QED) is 0.487. The lowest BCUT2D eigenvalue weighted by Gasteiger charge is -2.44. The van der Waals surface area contributed by atoms with Gasteiger partial charge in [0.2, 0.25) is 0 Å². The highest BCUT2D eigenvalue weighted by molar-refractivity contribution is 6.42. The van der Waals surface area contributed by atoms with Gasteiger partial charge >= 0.3 is 5.97 Å². The number of carbonyl (C=O) groups is 1.